The lowest BCUT2D eigenvalue weighted by Crippen LogP contribution is -1.99. The fraction of sp³-hybridized carbons (Fsp3) is 0.120. The number of hydrogen-bond acceptors (Lipinski definition) is 3. The van der Waals surface area contributed by atoms with E-state index in [2.05, 4.69) is 33.2 Å². The number of pyridine rings is 1. The van der Waals surface area contributed by atoms with Gasteiger partial charge in [0.05, 0.1) is 11.4 Å². The second kappa shape index (κ2) is 8.28. The molecule has 0 atom stereocenters. The van der Waals surface area contributed by atoms with E-state index in [-0.39, 0.29) is 5.82 Å². The lowest BCUT2D eigenvalue weighted by molar-refractivity contribution is 0.628. The maximum absolute atomic E-state index is 13.5. The Hall–Kier alpha value is -3.18. The number of imidazole rings is 1. The minimum absolute atomic E-state index is 0.244. The summed E-state index contributed by atoms with van der Waals surface area (Å²) in [5.41, 5.74) is 5.09. The maximum Gasteiger partial charge on any atom is 0.173 e. The Bertz CT molecular complexity index is 1160. The number of aromatic nitrogens is 3. The van der Waals surface area contributed by atoms with Crippen LogP contribution in [0.1, 0.15) is 24.4 Å². The van der Waals surface area contributed by atoms with Gasteiger partial charge in [-0.2, -0.15) is 0 Å². The Morgan fingerprint density at radius 3 is 2.33 bits per heavy atom. The molecule has 4 aromatic rings. The van der Waals surface area contributed by atoms with Crippen LogP contribution in [0, 0.1) is 5.82 Å². The first-order valence-electron chi connectivity index (χ1n) is 9.96. The van der Waals surface area contributed by atoms with Gasteiger partial charge in [-0.05, 0) is 66.3 Å². The third kappa shape index (κ3) is 3.94. The van der Waals surface area contributed by atoms with Gasteiger partial charge in [0.25, 0.3) is 0 Å². The van der Waals surface area contributed by atoms with E-state index in [1.54, 1.807) is 36.3 Å². The van der Waals surface area contributed by atoms with Gasteiger partial charge in [0, 0.05) is 29.6 Å². The minimum Gasteiger partial charge on any atom is -0.315 e. The Kier molecular flexibility index (Phi) is 5.20. The molecule has 0 radical (unpaired) electrons. The van der Waals surface area contributed by atoms with Gasteiger partial charge in [-0.3, -0.25) is 4.98 Å². The van der Waals surface area contributed by atoms with Crippen LogP contribution >= 0.6 is 11.8 Å². The van der Waals surface area contributed by atoms with Crippen LogP contribution < -0.4 is 0 Å². The molecule has 1 aliphatic carbocycles. The van der Waals surface area contributed by atoms with Gasteiger partial charge in [-0.15, -0.1) is 0 Å². The van der Waals surface area contributed by atoms with Gasteiger partial charge in [0.1, 0.15) is 5.82 Å². The SMILES string of the molecule is Fc1ccc(-c2nc(SC=Cc3ccccc3)n(C3CC3)c2-c2ccncc2)cc1. The highest BCUT2D eigenvalue weighted by Gasteiger charge is 2.31. The summed E-state index contributed by atoms with van der Waals surface area (Å²) in [4.78, 5) is 9.18. The number of benzene rings is 2. The predicted octanol–water partition coefficient (Wildman–Crippen LogP) is 6.85. The van der Waals surface area contributed by atoms with E-state index in [0.29, 0.717) is 6.04 Å². The molecule has 30 heavy (non-hydrogen) atoms. The van der Waals surface area contributed by atoms with Crippen molar-refractivity contribution in [2.24, 2.45) is 0 Å². The molecule has 0 unspecified atom stereocenters. The number of halogens is 1. The topological polar surface area (TPSA) is 30.7 Å². The van der Waals surface area contributed by atoms with E-state index in [0.717, 1.165) is 46.1 Å². The van der Waals surface area contributed by atoms with E-state index in [4.69, 9.17) is 4.98 Å². The summed E-state index contributed by atoms with van der Waals surface area (Å²) in [6, 6.07) is 21.3. The van der Waals surface area contributed by atoms with Gasteiger partial charge in [0.15, 0.2) is 5.16 Å². The standard InChI is InChI=1S/C25H20FN3S/c26-21-8-6-19(7-9-21)23-24(20-12-15-27-16-13-20)29(22-10-11-22)25(28-23)30-17-14-18-4-2-1-3-5-18/h1-9,12-17,22H,10-11H2. The third-order valence-electron chi connectivity index (χ3n) is 5.10. The molecule has 2 aromatic heterocycles. The highest BCUT2D eigenvalue weighted by molar-refractivity contribution is 8.02. The van der Waals surface area contributed by atoms with Gasteiger partial charge >= 0.3 is 0 Å². The average molecular weight is 414 g/mol. The van der Waals surface area contributed by atoms with Crippen molar-refractivity contribution in [3.63, 3.8) is 0 Å². The minimum atomic E-state index is -0.244. The van der Waals surface area contributed by atoms with Crippen LogP contribution in [0.2, 0.25) is 0 Å². The molecule has 0 aliphatic heterocycles. The summed E-state index contributed by atoms with van der Waals surface area (Å²) in [6.45, 7) is 0. The van der Waals surface area contributed by atoms with E-state index in [1.165, 1.54) is 12.1 Å². The molecule has 2 heterocycles. The summed E-state index contributed by atoms with van der Waals surface area (Å²) >= 11 is 1.62. The second-order valence-corrected chi connectivity index (χ2v) is 8.14. The quantitative estimate of drug-likeness (QED) is 0.324. The first kappa shape index (κ1) is 18.8. The molecule has 5 heteroatoms. The van der Waals surface area contributed by atoms with Crippen molar-refractivity contribution in [2.45, 2.75) is 24.0 Å². The lowest BCUT2D eigenvalue weighted by Gasteiger charge is -2.11. The average Bonchev–Trinajstić information content (AvgIpc) is 3.56. The Labute approximate surface area is 179 Å². The Morgan fingerprint density at radius 2 is 1.63 bits per heavy atom. The molecule has 0 bridgehead atoms. The van der Waals surface area contributed by atoms with Crippen molar-refractivity contribution in [1.29, 1.82) is 0 Å². The summed E-state index contributed by atoms with van der Waals surface area (Å²) in [5.74, 6) is -0.244. The molecule has 1 saturated carbocycles. The number of hydrogen-bond donors (Lipinski definition) is 0. The highest BCUT2D eigenvalue weighted by Crippen LogP contribution is 2.45. The van der Waals surface area contributed by atoms with Crippen molar-refractivity contribution in [3.05, 3.63) is 95.9 Å². The maximum atomic E-state index is 13.5. The Morgan fingerprint density at radius 1 is 0.900 bits per heavy atom. The Balaban J connectivity index is 1.60. The van der Waals surface area contributed by atoms with Crippen molar-refractivity contribution < 1.29 is 4.39 Å². The lowest BCUT2D eigenvalue weighted by atomic mass is 10.1. The monoisotopic (exact) mass is 413 g/mol. The van der Waals surface area contributed by atoms with Crippen LogP contribution in [0.15, 0.2) is 89.7 Å². The smallest absolute Gasteiger partial charge is 0.173 e. The summed E-state index contributed by atoms with van der Waals surface area (Å²) in [7, 11) is 0. The first-order chi connectivity index (χ1) is 14.8. The summed E-state index contributed by atoms with van der Waals surface area (Å²) < 4.78 is 15.9. The van der Waals surface area contributed by atoms with Gasteiger partial charge < -0.3 is 4.57 Å². The van der Waals surface area contributed by atoms with E-state index in [1.807, 2.05) is 30.3 Å². The van der Waals surface area contributed by atoms with Crippen LogP contribution in [-0.4, -0.2) is 14.5 Å². The number of rotatable bonds is 6. The molecule has 0 N–H and O–H groups in total. The molecule has 0 amide bonds. The molecule has 148 valence electrons. The van der Waals surface area contributed by atoms with Crippen molar-refractivity contribution >= 4 is 17.8 Å². The second-order valence-electron chi connectivity index (χ2n) is 7.27. The zero-order chi connectivity index (χ0) is 20.3. The fourth-order valence-corrected chi connectivity index (χ4v) is 4.34. The molecule has 2 aromatic carbocycles. The van der Waals surface area contributed by atoms with Crippen LogP contribution in [0.25, 0.3) is 28.6 Å². The van der Waals surface area contributed by atoms with Crippen LogP contribution in [0.3, 0.4) is 0 Å². The summed E-state index contributed by atoms with van der Waals surface area (Å²) in [5, 5.41) is 3.04. The van der Waals surface area contributed by atoms with E-state index < -0.39 is 0 Å². The third-order valence-corrected chi connectivity index (χ3v) is 5.87. The molecule has 1 aliphatic rings. The molecular formula is C25H20FN3S. The zero-order valence-electron chi connectivity index (χ0n) is 16.3. The number of nitrogens with zero attached hydrogens (tertiary/aromatic N) is 3. The van der Waals surface area contributed by atoms with Crippen LogP contribution in [0.5, 0.6) is 0 Å². The molecule has 0 saturated heterocycles. The first-order valence-corrected chi connectivity index (χ1v) is 10.8. The highest BCUT2D eigenvalue weighted by atomic mass is 32.2. The predicted molar refractivity (Wildman–Crippen MR) is 120 cm³/mol. The van der Waals surface area contributed by atoms with Crippen LogP contribution in [-0.2, 0) is 0 Å². The van der Waals surface area contributed by atoms with Crippen molar-refractivity contribution in [1.82, 2.24) is 14.5 Å². The zero-order valence-corrected chi connectivity index (χ0v) is 17.1. The van der Waals surface area contributed by atoms with Gasteiger partial charge in [-0.1, -0.05) is 42.1 Å². The largest absolute Gasteiger partial charge is 0.315 e. The molecule has 3 nitrogen and oxygen atoms in total. The molecular weight excluding hydrogens is 393 g/mol. The van der Waals surface area contributed by atoms with Gasteiger partial charge in [0.2, 0.25) is 0 Å². The molecule has 1 fully saturated rings. The van der Waals surface area contributed by atoms with Crippen LogP contribution in [0.4, 0.5) is 4.39 Å². The van der Waals surface area contributed by atoms with Gasteiger partial charge in [-0.25, -0.2) is 9.37 Å². The normalized spacial score (nSPS) is 13.8. The molecule has 5 rings (SSSR count). The number of thioether (sulfide) groups is 1. The van der Waals surface area contributed by atoms with Crippen molar-refractivity contribution in [2.75, 3.05) is 0 Å². The van der Waals surface area contributed by atoms with E-state index in [9.17, 15) is 4.39 Å². The fourth-order valence-electron chi connectivity index (χ4n) is 3.50. The summed E-state index contributed by atoms with van der Waals surface area (Å²) in [6.07, 6.45) is 7.99. The van der Waals surface area contributed by atoms with E-state index >= 15 is 0 Å². The molecule has 0 spiro atoms. The van der Waals surface area contributed by atoms with Crippen molar-refractivity contribution in [3.8, 4) is 22.5 Å².